The SMILES string of the molecule is O=[N+]([O-])c1cccc(S(=O)(=O)N(CC(F)(F)F)C2CCOCC2)c1. The molecule has 0 unspecified atom stereocenters. The minimum Gasteiger partial charge on any atom is -0.381 e. The molecule has 0 aliphatic carbocycles. The molecule has 0 N–H and O–H groups in total. The molecule has 1 aromatic rings. The Morgan fingerprint density at radius 2 is 1.92 bits per heavy atom. The fourth-order valence-electron chi connectivity index (χ4n) is 2.45. The highest BCUT2D eigenvalue weighted by atomic mass is 32.2. The fraction of sp³-hybridized carbons (Fsp3) is 0.538. The zero-order chi connectivity index (χ0) is 18.0. The first-order valence-electron chi connectivity index (χ1n) is 7.02. The number of nitrogens with zero attached hydrogens (tertiary/aromatic N) is 2. The second-order valence-corrected chi connectivity index (χ2v) is 7.15. The summed E-state index contributed by atoms with van der Waals surface area (Å²) in [6, 6.07) is 3.13. The van der Waals surface area contributed by atoms with Crippen molar-refractivity contribution in [3.8, 4) is 0 Å². The average molecular weight is 368 g/mol. The van der Waals surface area contributed by atoms with Crippen molar-refractivity contribution in [1.82, 2.24) is 4.31 Å². The standard InChI is InChI=1S/C13H15F3N2O5S/c14-13(15,16)9-17(10-4-6-23-7-5-10)24(21,22)12-3-1-2-11(8-12)18(19)20/h1-3,8,10H,4-7,9H2. The minimum atomic E-state index is -4.73. The summed E-state index contributed by atoms with van der Waals surface area (Å²) in [6.07, 6.45) is -4.47. The lowest BCUT2D eigenvalue weighted by atomic mass is 10.1. The van der Waals surface area contributed by atoms with E-state index in [2.05, 4.69) is 0 Å². The Labute approximate surface area is 136 Å². The Morgan fingerprint density at radius 1 is 1.29 bits per heavy atom. The van der Waals surface area contributed by atoms with E-state index < -0.39 is 44.3 Å². The maximum absolute atomic E-state index is 12.9. The van der Waals surface area contributed by atoms with Gasteiger partial charge in [-0.1, -0.05) is 6.07 Å². The van der Waals surface area contributed by atoms with Crippen LogP contribution in [0.5, 0.6) is 0 Å². The number of halogens is 3. The van der Waals surface area contributed by atoms with Crippen LogP contribution in [0, 0.1) is 10.1 Å². The third-order valence-electron chi connectivity index (χ3n) is 3.57. The summed E-state index contributed by atoms with van der Waals surface area (Å²) in [4.78, 5) is 9.44. The molecule has 0 amide bonds. The topological polar surface area (TPSA) is 89.8 Å². The van der Waals surface area contributed by atoms with Crippen LogP contribution in [0.3, 0.4) is 0 Å². The van der Waals surface area contributed by atoms with Crippen molar-refractivity contribution in [1.29, 1.82) is 0 Å². The predicted octanol–water partition coefficient (Wildman–Crippen LogP) is 2.33. The highest BCUT2D eigenvalue weighted by Crippen LogP contribution is 2.29. The molecule has 0 bridgehead atoms. The van der Waals surface area contributed by atoms with E-state index in [0.29, 0.717) is 4.31 Å². The summed E-state index contributed by atoms with van der Waals surface area (Å²) in [6.45, 7) is -1.34. The second kappa shape index (κ2) is 7.03. The molecule has 11 heteroatoms. The van der Waals surface area contributed by atoms with Crippen molar-refractivity contribution in [2.45, 2.75) is 30.0 Å². The van der Waals surface area contributed by atoms with Crippen molar-refractivity contribution in [2.24, 2.45) is 0 Å². The van der Waals surface area contributed by atoms with Crippen molar-refractivity contribution in [3.63, 3.8) is 0 Å². The number of nitro benzene ring substituents is 1. The number of ether oxygens (including phenoxy) is 1. The van der Waals surface area contributed by atoms with Crippen LogP contribution in [-0.2, 0) is 14.8 Å². The van der Waals surface area contributed by atoms with E-state index in [1.165, 1.54) is 0 Å². The molecule has 2 rings (SSSR count). The number of alkyl halides is 3. The normalized spacial score (nSPS) is 17.2. The monoisotopic (exact) mass is 368 g/mol. The third-order valence-corrected chi connectivity index (χ3v) is 5.46. The van der Waals surface area contributed by atoms with Gasteiger partial charge >= 0.3 is 6.18 Å². The second-order valence-electron chi connectivity index (χ2n) is 5.26. The van der Waals surface area contributed by atoms with Crippen LogP contribution in [0.25, 0.3) is 0 Å². The molecule has 24 heavy (non-hydrogen) atoms. The van der Waals surface area contributed by atoms with Gasteiger partial charge in [0.05, 0.1) is 9.82 Å². The Bertz CT molecular complexity index is 702. The Morgan fingerprint density at radius 3 is 2.46 bits per heavy atom. The molecule has 1 aliphatic heterocycles. The Hall–Kier alpha value is -1.72. The number of hydrogen-bond donors (Lipinski definition) is 0. The number of sulfonamides is 1. The summed E-state index contributed by atoms with van der Waals surface area (Å²) in [5, 5.41) is 10.8. The van der Waals surface area contributed by atoms with E-state index in [9.17, 15) is 31.7 Å². The molecule has 7 nitrogen and oxygen atoms in total. The molecule has 134 valence electrons. The molecule has 0 spiro atoms. The first-order chi connectivity index (χ1) is 11.1. The third kappa shape index (κ3) is 4.42. The van der Waals surface area contributed by atoms with Gasteiger partial charge in [-0.2, -0.15) is 17.5 Å². The maximum atomic E-state index is 12.9. The van der Waals surface area contributed by atoms with Crippen LogP contribution in [0.15, 0.2) is 29.2 Å². The van der Waals surface area contributed by atoms with Crippen molar-refractivity contribution < 1.29 is 31.2 Å². The number of rotatable bonds is 5. The molecule has 0 aromatic heterocycles. The first kappa shape index (κ1) is 18.6. The average Bonchev–Trinajstić information content (AvgIpc) is 2.52. The van der Waals surface area contributed by atoms with Gasteiger partial charge < -0.3 is 4.74 Å². The van der Waals surface area contributed by atoms with Crippen molar-refractivity contribution in [3.05, 3.63) is 34.4 Å². The van der Waals surface area contributed by atoms with Crippen molar-refractivity contribution in [2.75, 3.05) is 19.8 Å². The summed E-state index contributed by atoms with van der Waals surface area (Å²) in [5.41, 5.74) is -0.505. The van der Waals surface area contributed by atoms with Gasteiger partial charge in [0.25, 0.3) is 5.69 Å². The lowest BCUT2D eigenvalue weighted by molar-refractivity contribution is -0.385. The van der Waals surface area contributed by atoms with Gasteiger partial charge in [-0.25, -0.2) is 8.42 Å². The smallest absolute Gasteiger partial charge is 0.381 e. The minimum absolute atomic E-state index is 0.129. The summed E-state index contributed by atoms with van der Waals surface area (Å²) in [5.74, 6) is 0. The highest BCUT2D eigenvalue weighted by Gasteiger charge is 2.41. The molecule has 0 radical (unpaired) electrons. The molecule has 1 fully saturated rings. The van der Waals surface area contributed by atoms with Crippen LogP contribution in [0.1, 0.15) is 12.8 Å². The molecule has 1 aliphatic rings. The fourth-order valence-corrected chi connectivity index (χ4v) is 4.16. The first-order valence-corrected chi connectivity index (χ1v) is 8.46. The lowest BCUT2D eigenvalue weighted by Crippen LogP contribution is -2.47. The van der Waals surface area contributed by atoms with Gasteiger partial charge in [0.2, 0.25) is 10.0 Å². The van der Waals surface area contributed by atoms with Gasteiger partial charge in [0.1, 0.15) is 6.54 Å². The van der Waals surface area contributed by atoms with Gasteiger partial charge in [0, 0.05) is 31.4 Å². The van der Waals surface area contributed by atoms with E-state index in [4.69, 9.17) is 4.74 Å². The van der Waals surface area contributed by atoms with Crippen LogP contribution in [0.4, 0.5) is 18.9 Å². The van der Waals surface area contributed by atoms with Gasteiger partial charge in [-0.05, 0) is 18.9 Å². The molecular weight excluding hydrogens is 353 g/mol. The van der Waals surface area contributed by atoms with Crippen LogP contribution < -0.4 is 0 Å². The van der Waals surface area contributed by atoms with Gasteiger partial charge in [-0.3, -0.25) is 10.1 Å². The Balaban J connectivity index is 2.42. The molecule has 1 heterocycles. The molecule has 0 saturated carbocycles. The highest BCUT2D eigenvalue weighted by molar-refractivity contribution is 7.89. The molecule has 1 saturated heterocycles. The van der Waals surface area contributed by atoms with Crippen LogP contribution in [0.2, 0.25) is 0 Å². The molecule has 1 aromatic carbocycles. The van der Waals surface area contributed by atoms with E-state index in [1.54, 1.807) is 0 Å². The molecular formula is C13H15F3N2O5S. The summed E-state index contributed by atoms with van der Waals surface area (Å²) in [7, 11) is -4.54. The lowest BCUT2D eigenvalue weighted by Gasteiger charge is -2.33. The van der Waals surface area contributed by atoms with Crippen LogP contribution >= 0.6 is 0 Å². The zero-order valence-corrected chi connectivity index (χ0v) is 13.2. The van der Waals surface area contributed by atoms with Crippen molar-refractivity contribution >= 4 is 15.7 Å². The van der Waals surface area contributed by atoms with E-state index in [1.807, 2.05) is 0 Å². The largest absolute Gasteiger partial charge is 0.402 e. The number of non-ortho nitro benzene ring substituents is 1. The zero-order valence-electron chi connectivity index (χ0n) is 12.4. The number of nitro groups is 1. The number of benzene rings is 1. The Kier molecular flexibility index (Phi) is 5.45. The summed E-state index contributed by atoms with van der Waals surface area (Å²) >= 11 is 0. The molecule has 0 atom stereocenters. The summed E-state index contributed by atoms with van der Waals surface area (Å²) < 4.78 is 69.3. The quantitative estimate of drug-likeness (QED) is 0.588. The predicted molar refractivity (Wildman–Crippen MR) is 76.9 cm³/mol. The maximum Gasteiger partial charge on any atom is 0.402 e. The van der Waals surface area contributed by atoms with Gasteiger partial charge in [-0.15, -0.1) is 0 Å². The van der Waals surface area contributed by atoms with E-state index in [-0.39, 0.29) is 26.1 Å². The van der Waals surface area contributed by atoms with Gasteiger partial charge in [0.15, 0.2) is 0 Å². The van der Waals surface area contributed by atoms with Crippen LogP contribution in [-0.4, -0.2) is 49.6 Å². The number of hydrogen-bond acceptors (Lipinski definition) is 5. The van der Waals surface area contributed by atoms with E-state index in [0.717, 1.165) is 24.3 Å². The van der Waals surface area contributed by atoms with E-state index >= 15 is 0 Å².